The zero-order valence-corrected chi connectivity index (χ0v) is 10.2. The van der Waals surface area contributed by atoms with Crippen LogP contribution in [0.5, 0.6) is 0 Å². The molecule has 0 fully saturated rings. The van der Waals surface area contributed by atoms with E-state index >= 15 is 0 Å². The maximum atomic E-state index is 11.2. The lowest BCUT2D eigenvalue weighted by Crippen LogP contribution is -2.34. The summed E-state index contributed by atoms with van der Waals surface area (Å²) in [4.78, 5) is 11.2. The van der Waals surface area contributed by atoms with E-state index in [1.807, 2.05) is 11.4 Å². The lowest BCUT2D eigenvalue weighted by atomic mass is 10.1. The summed E-state index contributed by atoms with van der Waals surface area (Å²) in [6.45, 7) is 2.14. The van der Waals surface area contributed by atoms with Crippen LogP contribution in [0, 0.1) is 0 Å². The third-order valence-corrected chi connectivity index (χ3v) is 3.53. The monoisotopic (exact) mass is 277 g/mol. The second-order valence-electron chi connectivity index (χ2n) is 2.78. The molecular formula is C9H12BrNO2S. The van der Waals surface area contributed by atoms with Gasteiger partial charge >= 0.3 is 5.97 Å². The van der Waals surface area contributed by atoms with Gasteiger partial charge in [0.15, 0.2) is 0 Å². The van der Waals surface area contributed by atoms with Gasteiger partial charge in [0.2, 0.25) is 0 Å². The van der Waals surface area contributed by atoms with E-state index in [1.165, 1.54) is 0 Å². The summed E-state index contributed by atoms with van der Waals surface area (Å²) in [5.74, 6) is -0.342. The Morgan fingerprint density at radius 3 is 3.00 bits per heavy atom. The van der Waals surface area contributed by atoms with Crippen molar-refractivity contribution in [2.24, 2.45) is 5.73 Å². The van der Waals surface area contributed by atoms with Crippen molar-refractivity contribution in [2.45, 2.75) is 19.4 Å². The Kier molecular flexibility index (Phi) is 4.57. The van der Waals surface area contributed by atoms with E-state index in [1.54, 1.807) is 18.3 Å². The summed E-state index contributed by atoms with van der Waals surface area (Å²) in [5.41, 5.74) is 6.72. The Labute approximate surface area is 95.4 Å². The highest BCUT2D eigenvalue weighted by Crippen LogP contribution is 2.24. The van der Waals surface area contributed by atoms with Crippen LogP contribution in [0.25, 0.3) is 0 Å². The summed E-state index contributed by atoms with van der Waals surface area (Å²) in [6, 6.07) is 1.38. The van der Waals surface area contributed by atoms with E-state index < -0.39 is 6.04 Å². The van der Waals surface area contributed by atoms with E-state index in [0.717, 1.165) is 9.35 Å². The van der Waals surface area contributed by atoms with Crippen molar-refractivity contribution in [3.8, 4) is 0 Å². The van der Waals surface area contributed by atoms with E-state index in [9.17, 15) is 4.79 Å². The van der Waals surface area contributed by atoms with Crippen molar-refractivity contribution >= 4 is 33.2 Å². The highest BCUT2D eigenvalue weighted by Gasteiger charge is 2.16. The minimum absolute atomic E-state index is 0.342. The molecule has 0 spiro atoms. The molecule has 1 atom stereocenters. The maximum absolute atomic E-state index is 11.2. The number of nitrogens with two attached hydrogens (primary N) is 1. The Morgan fingerprint density at radius 2 is 2.50 bits per heavy atom. The highest BCUT2D eigenvalue weighted by atomic mass is 79.9. The average molecular weight is 278 g/mol. The topological polar surface area (TPSA) is 52.3 Å². The fourth-order valence-electron chi connectivity index (χ4n) is 1.03. The molecule has 3 nitrogen and oxygen atoms in total. The fraction of sp³-hybridized carbons (Fsp3) is 0.444. The predicted molar refractivity (Wildman–Crippen MR) is 60.3 cm³/mol. The molecule has 78 valence electrons. The van der Waals surface area contributed by atoms with E-state index in [2.05, 4.69) is 15.9 Å². The summed E-state index contributed by atoms with van der Waals surface area (Å²) in [6.07, 6.45) is 0.517. The number of carbonyl (C=O) groups is 1. The number of halogens is 1. The van der Waals surface area contributed by atoms with Gasteiger partial charge in [-0.25, -0.2) is 0 Å². The molecule has 0 saturated heterocycles. The Balaban J connectivity index is 2.52. The largest absolute Gasteiger partial charge is 0.465 e. The van der Waals surface area contributed by atoms with Crippen molar-refractivity contribution in [1.29, 1.82) is 0 Å². The summed E-state index contributed by atoms with van der Waals surface area (Å²) in [7, 11) is 0. The number of ether oxygens (including phenoxy) is 1. The third kappa shape index (κ3) is 3.08. The van der Waals surface area contributed by atoms with Gasteiger partial charge in [-0.15, -0.1) is 11.3 Å². The second kappa shape index (κ2) is 5.48. The molecule has 2 N–H and O–H groups in total. The quantitative estimate of drug-likeness (QED) is 0.856. The zero-order chi connectivity index (χ0) is 10.6. The van der Waals surface area contributed by atoms with Gasteiger partial charge in [-0.05, 0) is 39.9 Å². The molecule has 0 aliphatic carbocycles. The molecule has 1 aromatic rings. The number of thiophene rings is 1. The standard InChI is InChI=1S/C9H12BrNO2S/c1-2-13-9(12)7(11)5-6-3-4-14-8(6)10/h3-4,7H,2,5,11H2,1H3. The first-order chi connectivity index (χ1) is 6.65. The van der Waals surface area contributed by atoms with Crippen LogP contribution in [-0.2, 0) is 16.0 Å². The van der Waals surface area contributed by atoms with Crippen LogP contribution in [0.1, 0.15) is 12.5 Å². The number of hydrogen-bond donors (Lipinski definition) is 1. The Bertz CT molecular complexity index is 314. The van der Waals surface area contributed by atoms with Crippen LogP contribution in [0.4, 0.5) is 0 Å². The van der Waals surface area contributed by atoms with E-state index in [4.69, 9.17) is 10.5 Å². The number of hydrogen-bond acceptors (Lipinski definition) is 4. The minimum atomic E-state index is -0.569. The molecule has 0 bridgehead atoms. The number of esters is 1. The van der Waals surface area contributed by atoms with Crippen LogP contribution in [0.2, 0.25) is 0 Å². The van der Waals surface area contributed by atoms with Gasteiger partial charge in [-0.3, -0.25) is 4.79 Å². The summed E-state index contributed by atoms with van der Waals surface area (Å²) < 4.78 is 5.84. The number of carbonyl (C=O) groups excluding carboxylic acids is 1. The number of rotatable bonds is 4. The van der Waals surface area contributed by atoms with Crippen LogP contribution in [0.3, 0.4) is 0 Å². The van der Waals surface area contributed by atoms with Gasteiger partial charge in [-0.1, -0.05) is 0 Å². The first kappa shape index (κ1) is 11.7. The minimum Gasteiger partial charge on any atom is -0.465 e. The van der Waals surface area contributed by atoms with E-state index in [-0.39, 0.29) is 5.97 Å². The summed E-state index contributed by atoms with van der Waals surface area (Å²) >= 11 is 4.97. The molecule has 0 saturated carbocycles. The molecule has 0 radical (unpaired) electrons. The molecule has 1 aromatic heterocycles. The average Bonchev–Trinajstić information content (AvgIpc) is 2.52. The van der Waals surface area contributed by atoms with Crippen molar-refractivity contribution in [2.75, 3.05) is 6.61 Å². The molecule has 14 heavy (non-hydrogen) atoms. The van der Waals surface area contributed by atoms with Gasteiger partial charge in [0.1, 0.15) is 6.04 Å². The van der Waals surface area contributed by atoms with Crippen molar-refractivity contribution in [3.05, 3.63) is 20.8 Å². The van der Waals surface area contributed by atoms with Crippen molar-refractivity contribution in [3.63, 3.8) is 0 Å². The first-order valence-electron chi connectivity index (χ1n) is 4.29. The lowest BCUT2D eigenvalue weighted by molar-refractivity contribution is -0.144. The van der Waals surface area contributed by atoms with E-state index in [0.29, 0.717) is 13.0 Å². The molecule has 0 aliphatic heterocycles. The SMILES string of the molecule is CCOC(=O)C(N)Cc1ccsc1Br. The van der Waals surface area contributed by atoms with Crippen molar-refractivity contribution < 1.29 is 9.53 Å². The third-order valence-electron chi connectivity index (χ3n) is 1.72. The normalized spacial score (nSPS) is 12.5. The fourth-order valence-corrected chi connectivity index (χ4v) is 2.31. The van der Waals surface area contributed by atoms with Crippen LogP contribution in [-0.4, -0.2) is 18.6 Å². The molecule has 0 aromatic carbocycles. The van der Waals surface area contributed by atoms with Gasteiger partial charge < -0.3 is 10.5 Å². The molecule has 0 aliphatic rings. The maximum Gasteiger partial charge on any atom is 0.323 e. The molecule has 1 heterocycles. The van der Waals surface area contributed by atoms with Gasteiger partial charge in [0.05, 0.1) is 10.4 Å². The van der Waals surface area contributed by atoms with Crippen LogP contribution >= 0.6 is 27.3 Å². The van der Waals surface area contributed by atoms with Crippen molar-refractivity contribution in [1.82, 2.24) is 0 Å². The molecule has 1 unspecified atom stereocenters. The van der Waals surface area contributed by atoms with Gasteiger partial charge in [0.25, 0.3) is 0 Å². The van der Waals surface area contributed by atoms with Crippen LogP contribution in [0.15, 0.2) is 15.2 Å². The molecule has 0 amide bonds. The Morgan fingerprint density at radius 1 is 1.79 bits per heavy atom. The smallest absolute Gasteiger partial charge is 0.323 e. The highest BCUT2D eigenvalue weighted by molar-refractivity contribution is 9.11. The summed E-state index contributed by atoms with van der Waals surface area (Å²) in [5, 5.41) is 1.96. The molecule has 1 rings (SSSR count). The molecular weight excluding hydrogens is 266 g/mol. The lowest BCUT2D eigenvalue weighted by Gasteiger charge is -2.09. The van der Waals surface area contributed by atoms with Crippen LogP contribution < -0.4 is 5.73 Å². The zero-order valence-electron chi connectivity index (χ0n) is 7.83. The second-order valence-corrected chi connectivity index (χ2v) is 5.02. The predicted octanol–water partition coefficient (Wildman–Crippen LogP) is 1.94. The van der Waals surface area contributed by atoms with Gasteiger partial charge in [-0.2, -0.15) is 0 Å². The first-order valence-corrected chi connectivity index (χ1v) is 5.96. The van der Waals surface area contributed by atoms with Gasteiger partial charge in [0, 0.05) is 6.42 Å². The Hall–Kier alpha value is -0.390. The molecule has 5 heteroatoms.